The van der Waals surface area contributed by atoms with Gasteiger partial charge in [0, 0.05) is 17.9 Å². The maximum absolute atomic E-state index is 12.7. The Bertz CT molecular complexity index is 718. The van der Waals surface area contributed by atoms with Gasteiger partial charge in [-0.2, -0.15) is 0 Å². The number of rotatable bonds is 5. The van der Waals surface area contributed by atoms with Crippen LogP contribution in [0.2, 0.25) is 0 Å². The Morgan fingerprint density at radius 3 is 2.61 bits per heavy atom. The van der Waals surface area contributed by atoms with Crippen molar-refractivity contribution in [1.82, 2.24) is 4.72 Å². The van der Waals surface area contributed by atoms with Gasteiger partial charge in [0.1, 0.15) is 0 Å². The Morgan fingerprint density at radius 2 is 2.04 bits per heavy atom. The van der Waals surface area contributed by atoms with Crippen LogP contribution in [0.4, 0.5) is 5.69 Å². The average molecular weight is 354 g/mol. The van der Waals surface area contributed by atoms with Gasteiger partial charge in [-0.05, 0) is 55.6 Å². The van der Waals surface area contributed by atoms with Gasteiger partial charge in [0.2, 0.25) is 15.9 Å². The average Bonchev–Trinajstić information content (AvgIpc) is 3.08. The molecule has 0 saturated heterocycles. The lowest BCUT2D eigenvalue weighted by Crippen LogP contribution is -2.38. The van der Waals surface area contributed by atoms with Crippen molar-refractivity contribution in [1.29, 1.82) is 0 Å². The summed E-state index contributed by atoms with van der Waals surface area (Å²) in [4.78, 5) is 12.4. The maximum Gasteiger partial charge on any atom is 0.240 e. The molecule has 5 nitrogen and oxygen atoms in total. The second-order valence-electron chi connectivity index (χ2n) is 6.45. The minimum Gasteiger partial charge on any atom is -0.325 e. The molecule has 0 heterocycles. The molecule has 2 saturated carbocycles. The molecule has 0 radical (unpaired) electrons. The van der Waals surface area contributed by atoms with Crippen LogP contribution < -0.4 is 10.0 Å². The smallest absolute Gasteiger partial charge is 0.240 e. The Balaban J connectivity index is 1.83. The quantitative estimate of drug-likeness (QED) is 0.797. The standard InChI is InChI=1S/C16H22N2O3S2/c1-10(19)17-15-9-13(5-6-16(15)22-2)23(20,21)18-14-8-11-3-4-12(14)7-11/h5-6,9,11-12,14,18H,3-4,7-8H2,1-2H3,(H,17,19). The maximum atomic E-state index is 12.7. The first-order valence-corrected chi connectivity index (χ1v) is 10.6. The summed E-state index contributed by atoms with van der Waals surface area (Å²) in [6, 6.07) is 4.95. The highest BCUT2D eigenvalue weighted by Gasteiger charge is 2.41. The van der Waals surface area contributed by atoms with Crippen LogP contribution in [0.1, 0.15) is 32.6 Å². The summed E-state index contributed by atoms with van der Waals surface area (Å²) >= 11 is 1.47. The molecule has 7 heteroatoms. The van der Waals surface area contributed by atoms with E-state index < -0.39 is 10.0 Å². The lowest BCUT2D eigenvalue weighted by Gasteiger charge is -2.23. The highest BCUT2D eigenvalue weighted by Crippen LogP contribution is 2.44. The molecule has 3 atom stereocenters. The van der Waals surface area contributed by atoms with Crippen LogP contribution in [0.3, 0.4) is 0 Å². The number of benzene rings is 1. The van der Waals surface area contributed by atoms with E-state index >= 15 is 0 Å². The third-order valence-corrected chi connectivity index (χ3v) is 7.12. The van der Waals surface area contributed by atoms with Gasteiger partial charge in [0.25, 0.3) is 0 Å². The van der Waals surface area contributed by atoms with E-state index in [1.165, 1.54) is 25.1 Å². The summed E-state index contributed by atoms with van der Waals surface area (Å²) in [5, 5.41) is 2.71. The predicted molar refractivity (Wildman–Crippen MR) is 92.1 cm³/mol. The Labute approximate surface area is 141 Å². The first-order valence-electron chi connectivity index (χ1n) is 7.87. The lowest BCUT2D eigenvalue weighted by molar-refractivity contribution is -0.114. The summed E-state index contributed by atoms with van der Waals surface area (Å²) in [6.07, 6.45) is 6.35. The van der Waals surface area contributed by atoms with E-state index in [4.69, 9.17) is 0 Å². The van der Waals surface area contributed by atoms with Crippen molar-refractivity contribution in [3.63, 3.8) is 0 Å². The normalized spacial score (nSPS) is 26.4. The van der Waals surface area contributed by atoms with Crippen molar-refractivity contribution in [2.45, 2.75) is 48.4 Å². The van der Waals surface area contributed by atoms with Crippen LogP contribution in [0, 0.1) is 11.8 Å². The van der Waals surface area contributed by atoms with E-state index in [1.54, 1.807) is 18.2 Å². The third kappa shape index (κ3) is 3.56. The second kappa shape index (κ2) is 6.45. The molecule has 0 spiro atoms. The van der Waals surface area contributed by atoms with Crippen molar-refractivity contribution < 1.29 is 13.2 Å². The summed E-state index contributed by atoms with van der Waals surface area (Å²) in [5.74, 6) is 0.951. The number of carbonyl (C=O) groups excluding carboxylic acids is 1. The van der Waals surface area contributed by atoms with Gasteiger partial charge >= 0.3 is 0 Å². The number of nitrogens with one attached hydrogen (secondary N) is 2. The number of fused-ring (bicyclic) bond motifs is 2. The summed E-state index contributed by atoms with van der Waals surface area (Å²) < 4.78 is 28.2. The van der Waals surface area contributed by atoms with Crippen molar-refractivity contribution >= 4 is 33.4 Å². The summed E-state index contributed by atoms with van der Waals surface area (Å²) in [7, 11) is -3.56. The number of anilines is 1. The molecule has 2 N–H and O–H groups in total. The van der Waals surface area contributed by atoms with Crippen molar-refractivity contribution in [2.75, 3.05) is 11.6 Å². The van der Waals surface area contributed by atoms with Crippen molar-refractivity contribution in [3.05, 3.63) is 18.2 Å². The van der Waals surface area contributed by atoms with Crippen LogP contribution in [-0.4, -0.2) is 26.6 Å². The zero-order valence-corrected chi connectivity index (χ0v) is 15.0. The molecule has 2 fully saturated rings. The molecule has 126 valence electrons. The molecule has 23 heavy (non-hydrogen) atoms. The van der Waals surface area contributed by atoms with Gasteiger partial charge in [-0.3, -0.25) is 4.79 Å². The number of amides is 1. The molecule has 0 aliphatic heterocycles. The van der Waals surface area contributed by atoms with Gasteiger partial charge in [-0.25, -0.2) is 13.1 Å². The van der Waals surface area contributed by atoms with E-state index in [2.05, 4.69) is 10.0 Å². The molecular formula is C16H22N2O3S2. The zero-order chi connectivity index (χ0) is 16.6. The first-order chi connectivity index (χ1) is 10.9. The lowest BCUT2D eigenvalue weighted by atomic mass is 9.96. The van der Waals surface area contributed by atoms with E-state index in [0.717, 1.165) is 24.2 Å². The van der Waals surface area contributed by atoms with Crippen molar-refractivity contribution in [2.24, 2.45) is 11.8 Å². The fourth-order valence-electron chi connectivity index (χ4n) is 3.80. The van der Waals surface area contributed by atoms with E-state index in [1.807, 2.05) is 6.26 Å². The highest BCUT2D eigenvalue weighted by atomic mass is 32.2. The third-order valence-electron chi connectivity index (χ3n) is 4.84. The number of hydrogen-bond acceptors (Lipinski definition) is 4. The minimum absolute atomic E-state index is 0.0585. The number of carbonyl (C=O) groups is 1. The van der Waals surface area contributed by atoms with Gasteiger partial charge in [-0.1, -0.05) is 6.42 Å². The molecule has 1 aromatic carbocycles. The molecule has 3 rings (SSSR count). The van der Waals surface area contributed by atoms with E-state index in [-0.39, 0.29) is 16.8 Å². The van der Waals surface area contributed by atoms with Gasteiger partial charge in [-0.15, -0.1) is 11.8 Å². The molecular weight excluding hydrogens is 332 g/mol. The molecule has 1 amide bonds. The number of sulfonamides is 1. The number of hydrogen-bond donors (Lipinski definition) is 2. The van der Waals surface area contributed by atoms with Crippen LogP contribution in [0.5, 0.6) is 0 Å². The fraction of sp³-hybridized carbons (Fsp3) is 0.562. The summed E-state index contributed by atoms with van der Waals surface area (Å²) in [6.45, 7) is 1.42. The fourth-order valence-corrected chi connectivity index (χ4v) is 5.68. The van der Waals surface area contributed by atoms with Gasteiger partial charge in [0.05, 0.1) is 10.6 Å². The van der Waals surface area contributed by atoms with Crippen LogP contribution in [0.25, 0.3) is 0 Å². The molecule has 3 unspecified atom stereocenters. The monoisotopic (exact) mass is 354 g/mol. The Hall–Kier alpha value is -1.05. The van der Waals surface area contributed by atoms with E-state index in [9.17, 15) is 13.2 Å². The molecule has 0 aromatic heterocycles. The van der Waals surface area contributed by atoms with E-state index in [0.29, 0.717) is 17.5 Å². The van der Waals surface area contributed by atoms with Crippen LogP contribution in [-0.2, 0) is 14.8 Å². The minimum atomic E-state index is -3.56. The second-order valence-corrected chi connectivity index (χ2v) is 9.01. The Kier molecular flexibility index (Phi) is 4.71. The highest BCUT2D eigenvalue weighted by molar-refractivity contribution is 7.98. The largest absolute Gasteiger partial charge is 0.325 e. The van der Waals surface area contributed by atoms with Gasteiger partial charge < -0.3 is 5.32 Å². The topological polar surface area (TPSA) is 75.3 Å². The SMILES string of the molecule is CSc1ccc(S(=O)(=O)NC2CC3CCC2C3)cc1NC(C)=O. The first kappa shape index (κ1) is 16.8. The number of thioether (sulfide) groups is 1. The molecule has 2 aliphatic carbocycles. The van der Waals surface area contributed by atoms with Gasteiger partial charge in [0.15, 0.2) is 0 Å². The van der Waals surface area contributed by atoms with Crippen LogP contribution >= 0.6 is 11.8 Å². The molecule has 2 bridgehead atoms. The van der Waals surface area contributed by atoms with Crippen LogP contribution in [0.15, 0.2) is 28.0 Å². The molecule has 1 aromatic rings. The Morgan fingerprint density at radius 1 is 1.26 bits per heavy atom. The summed E-state index contributed by atoms with van der Waals surface area (Å²) in [5.41, 5.74) is 0.542. The predicted octanol–water partition coefficient (Wildman–Crippen LogP) is 2.83. The zero-order valence-electron chi connectivity index (χ0n) is 13.3. The van der Waals surface area contributed by atoms with Crippen molar-refractivity contribution in [3.8, 4) is 0 Å². The molecule has 2 aliphatic rings.